The highest BCUT2D eigenvalue weighted by molar-refractivity contribution is 6.34. The summed E-state index contributed by atoms with van der Waals surface area (Å²) in [5, 5.41) is 0.760. The van der Waals surface area contributed by atoms with Gasteiger partial charge in [-0.3, -0.25) is 0 Å². The number of amides is 1. The Labute approximate surface area is 276 Å². The summed E-state index contributed by atoms with van der Waals surface area (Å²) in [5.41, 5.74) is 8.01. The zero-order valence-electron chi connectivity index (χ0n) is 27.1. The molecule has 1 aromatic carbocycles. The Morgan fingerprint density at radius 1 is 1.02 bits per heavy atom. The number of nitrogens with two attached hydrogens (primary N) is 1. The standard InChI is InChI=1S/C34H38ClFN8O3/c1-17-15-43(33(46)47-34(3,4)5)18(2)14-42(17)30-22-13-23(35)28(21-7-6-8-24(36)25(21)37)40-31(22)44(32(45)41-30)29-26(19-9-10-19)38-16-39-27(29)20-11-12-20/h6-8,13,16-20H,9-12,14-15,37H2,1-5H3/t17-,18+/m0/s1. The molecule has 2 N–H and O–H groups in total. The van der Waals surface area contributed by atoms with Crippen LogP contribution in [0.4, 0.5) is 20.7 Å². The topological polar surface area (TPSA) is 132 Å². The highest BCUT2D eigenvalue weighted by Crippen LogP contribution is 2.48. The number of benzene rings is 1. The molecule has 246 valence electrons. The second-order valence-corrected chi connectivity index (χ2v) is 14.4. The van der Waals surface area contributed by atoms with Gasteiger partial charge in [0.25, 0.3) is 0 Å². The number of rotatable bonds is 5. The maximum atomic E-state index is 14.7. The number of aromatic nitrogens is 5. The van der Waals surface area contributed by atoms with Gasteiger partial charge in [0.05, 0.1) is 38.9 Å². The van der Waals surface area contributed by atoms with E-state index >= 15 is 0 Å². The lowest BCUT2D eigenvalue weighted by Crippen LogP contribution is -2.59. The minimum absolute atomic E-state index is 0.0921. The number of carbonyl (C=O) groups excluding carboxylic acids is 1. The van der Waals surface area contributed by atoms with Gasteiger partial charge < -0.3 is 20.3 Å². The van der Waals surface area contributed by atoms with Crippen molar-refractivity contribution >= 4 is 40.2 Å². The summed E-state index contributed by atoms with van der Waals surface area (Å²) >= 11 is 6.92. The fraction of sp³-hybridized carbons (Fsp3) is 0.471. The van der Waals surface area contributed by atoms with Crippen LogP contribution in [0.1, 0.15) is 83.5 Å². The van der Waals surface area contributed by atoms with Crippen molar-refractivity contribution in [1.29, 1.82) is 0 Å². The van der Waals surface area contributed by atoms with Gasteiger partial charge in [-0.05, 0) is 72.4 Å². The lowest BCUT2D eigenvalue weighted by molar-refractivity contribution is 0.0130. The Hall–Kier alpha value is -4.32. The van der Waals surface area contributed by atoms with Crippen LogP contribution >= 0.6 is 11.6 Å². The quantitative estimate of drug-likeness (QED) is 0.248. The van der Waals surface area contributed by atoms with Crippen LogP contribution in [0.25, 0.3) is 28.0 Å². The van der Waals surface area contributed by atoms with Gasteiger partial charge in [0.1, 0.15) is 23.6 Å². The number of carbonyl (C=O) groups is 1. The molecule has 2 aliphatic carbocycles. The van der Waals surface area contributed by atoms with Crippen LogP contribution in [-0.4, -0.2) is 66.3 Å². The summed E-state index contributed by atoms with van der Waals surface area (Å²) in [5.74, 6) is 0.219. The number of halogens is 2. The largest absolute Gasteiger partial charge is 0.444 e. The van der Waals surface area contributed by atoms with Crippen molar-refractivity contribution in [2.75, 3.05) is 23.7 Å². The average molecular weight is 661 g/mol. The number of hydrogen-bond acceptors (Lipinski definition) is 9. The molecule has 2 atom stereocenters. The van der Waals surface area contributed by atoms with Crippen molar-refractivity contribution < 1.29 is 13.9 Å². The molecule has 0 spiro atoms. The molecule has 3 fully saturated rings. The number of pyridine rings is 1. The minimum atomic E-state index is -0.634. The maximum Gasteiger partial charge on any atom is 0.410 e. The Morgan fingerprint density at radius 2 is 1.68 bits per heavy atom. The van der Waals surface area contributed by atoms with Gasteiger partial charge in [0.15, 0.2) is 5.65 Å². The fourth-order valence-electron chi connectivity index (χ4n) is 6.40. The predicted molar refractivity (Wildman–Crippen MR) is 179 cm³/mol. The van der Waals surface area contributed by atoms with E-state index in [-0.39, 0.29) is 40.3 Å². The van der Waals surface area contributed by atoms with E-state index in [1.165, 1.54) is 10.6 Å². The van der Waals surface area contributed by atoms with E-state index in [9.17, 15) is 14.0 Å². The molecule has 1 amide bonds. The molecular weight excluding hydrogens is 623 g/mol. The molecule has 1 saturated heterocycles. The van der Waals surface area contributed by atoms with Gasteiger partial charge in [0.2, 0.25) is 0 Å². The molecule has 2 saturated carbocycles. The number of ether oxygens (including phenoxy) is 1. The summed E-state index contributed by atoms with van der Waals surface area (Å²) in [6, 6.07) is 5.71. The van der Waals surface area contributed by atoms with E-state index in [0.29, 0.717) is 41.2 Å². The van der Waals surface area contributed by atoms with Crippen molar-refractivity contribution in [3.63, 3.8) is 0 Å². The van der Waals surface area contributed by atoms with Crippen molar-refractivity contribution in [3.8, 4) is 16.9 Å². The Kier molecular flexibility index (Phi) is 7.61. The van der Waals surface area contributed by atoms with Crippen LogP contribution in [0.2, 0.25) is 5.02 Å². The summed E-state index contributed by atoms with van der Waals surface area (Å²) in [7, 11) is 0. The molecule has 0 bridgehead atoms. The molecule has 11 nitrogen and oxygen atoms in total. The molecule has 3 aromatic heterocycles. The van der Waals surface area contributed by atoms with Gasteiger partial charge in [-0.15, -0.1) is 0 Å². The van der Waals surface area contributed by atoms with Gasteiger partial charge in [-0.25, -0.2) is 33.5 Å². The van der Waals surface area contributed by atoms with Crippen molar-refractivity contribution in [3.05, 3.63) is 63.3 Å². The number of hydrogen-bond donors (Lipinski definition) is 1. The first-order valence-corrected chi connectivity index (χ1v) is 16.5. The fourth-order valence-corrected chi connectivity index (χ4v) is 6.66. The van der Waals surface area contributed by atoms with E-state index in [4.69, 9.17) is 32.0 Å². The molecule has 3 aliphatic rings. The Morgan fingerprint density at radius 3 is 2.30 bits per heavy atom. The first-order valence-electron chi connectivity index (χ1n) is 16.1. The van der Waals surface area contributed by atoms with Gasteiger partial charge in [0, 0.05) is 42.6 Å². The third-order valence-electron chi connectivity index (χ3n) is 9.03. The Bertz CT molecular complexity index is 1940. The SMILES string of the molecule is C[C@@H]1CN(c2nc(=O)n(-c3c(C4CC4)ncnc3C3CC3)c3nc(-c4cccc(F)c4N)c(Cl)cc23)[C@@H](C)CN1C(=O)OC(C)(C)C. The predicted octanol–water partition coefficient (Wildman–Crippen LogP) is 6.20. The minimum Gasteiger partial charge on any atom is -0.444 e. The lowest BCUT2D eigenvalue weighted by Gasteiger charge is -2.44. The monoisotopic (exact) mass is 660 g/mol. The number of fused-ring (bicyclic) bond motifs is 1. The van der Waals surface area contributed by atoms with Gasteiger partial charge >= 0.3 is 11.8 Å². The third-order valence-corrected chi connectivity index (χ3v) is 9.31. The summed E-state index contributed by atoms with van der Waals surface area (Å²) in [6.45, 7) is 10.2. The summed E-state index contributed by atoms with van der Waals surface area (Å²) < 4.78 is 21.8. The van der Waals surface area contributed by atoms with Gasteiger partial charge in [-0.2, -0.15) is 4.98 Å². The molecule has 0 radical (unpaired) electrons. The number of nitrogen functional groups attached to an aromatic ring is 1. The second-order valence-electron chi connectivity index (χ2n) is 14.0. The number of piperazine rings is 1. The van der Waals surface area contributed by atoms with E-state index in [1.54, 1.807) is 29.4 Å². The van der Waals surface area contributed by atoms with Crippen molar-refractivity contribution in [2.45, 2.75) is 89.8 Å². The first kappa shape index (κ1) is 31.3. The summed E-state index contributed by atoms with van der Waals surface area (Å²) in [4.78, 5) is 50.2. The van der Waals surface area contributed by atoms with E-state index in [0.717, 1.165) is 37.1 Å². The second kappa shape index (κ2) is 11.4. The number of nitrogens with zero attached hydrogens (tertiary/aromatic N) is 7. The lowest BCUT2D eigenvalue weighted by atomic mass is 10.1. The van der Waals surface area contributed by atoms with Crippen LogP contribution in [0, 0.1) is 5.82 Å². The van der Waals surface area contributed by atoms with Crippen LogP contribution in [0.5, 0.6) is 0 Å². The van der Waals surface area contributed by atoms with Gasteiger partial charge in [-0.1, -0.05) is 23.7 Å². The van der Waals surface area contributed by atoms with Crippen molar-refractivity contribution in [2.24, 2.45) is 0 Å². The van der Waals surface area contributed by atoms with Crippen LogP contribution in [-0.2, 0) is 4.74 Å². The van der Waals surface area contributed by atoms with Crippen LogP contribution in [0.3, 0.4) is 0 Å². The first-order chi connectivity index (χ1) is 22.3. The molecule has 0 unspecified atom stereocenters. The molecule has 1 aliphatic heterocycles. The van der Waals surface area contributed by atoms with E-state index < -0.39 is 23.2 Å². The molecule has 13 heteroatoms. The molecule has 4 heterocycles. The molecule has 7 rings (SSSR count). The van der Waals surface area contributed by atoms with Crippen molar-refractivity contribution in [1.82, 2.24) is 29.4 Å². The molecule has 4 aromatic rings. The highest BCUT2D eigenvalue weighted by Gasteiger charge is 2.39. The zero-order chi connectivity index (χ0) is 33.4. The zero-order valence-corrected chi connectivity index (χ0v) is 27.9. The van der Waals surface area contributed by atoms with Crippen LogP contribution < -0.4 is 16.3 Å². The molecule has 47 heavy (non-hydrogen) atoms. The van der Waals surface area contributed by atoms with Crippen LogP contribution in [0.15, 0.2) is 35.4 Å². The highest BCUT2D eigenvalue weighted by atomic mass is 35.5. The maximum absolute atomic E-state index is 14.7. The third kappa shape index (κ3) is 5.77. The molecular formula is C34H38ClFN8O3. The normalized spacial score (nSPS) is 20.1. The van der Waals surface area contributed by atoms with E-state index in [1.807, 2.05) is 39.5 Å². The number of anilines is 2. The van der Waals surface area contributed by atoms with E-state index in [2.05, 4.69) is 9.97 Å². The smallest absolute Gasteiger partial charge is 0.410 e. The summed E-state index contributed by atoms with van der Waals surface area (Å²) in [6.07, 6.45) is 5.05. The average Bonchev–Trinajstić information content (AvgIpc) is 3.92. The Balaban J connectivity index is 1.44. The number of para-hydroxylation sites is 1.